The summed E-state index contributed by atoms with van der Waals surface area (Å²) >= 11 is 0. The molecule has 3 nitrogen and oxygen atoms in total. The average molecular weight is 260 g/mol. The van der Waals surface area contributed by atoms with E-state index in [1.165, 1.54) is 32.2 Å². The van der Waals surface area contributed by atoms with Gasteiger partial charge in [-0.1, -0.05) is 12.1 Å². The fourth-order valence-corrected chi connectivity index (χ4v) is 1.77. The molecule has 2 aromatic carbocycles. The maximum absolute atomic E-state index is 13.1. The van der Waals surface area contributed by atoms with Gasteiger partial charge in [-0.3, -0.25) is 4.79 Å². The number of benzene rings is 2. The van der Waals surface area contributed by atoms with Gasteiger partial charge >= 0.3 is 0 Å². The summed E-state index contributed by atoms with van der Waals surface area (Å²) in [5.74, 6) is 0.531. The number of methoxy groups -OCH3 is 1. The Bertz CT molecular complexity index is 608. The zero-order valence-electron chi connectivity index (χ0n) is 10.6. The SMILES string of the molecule is COc1cccc(Oc2cccc(F)c2)c1C(C)=O. The summed E-state index contributed by atoms with van der Waals surface area (Å²) < 4.78 is 23.8. The van der Waals surface area contributed by atoms with Crippen LogP contribution in [0.3, 0.4) is 0 Å². The van der Waals surface area contributed by atoms with Gasteiger partial charge < -0.3 is 9.47 Å². The highest BCUT2D eigenvalue weighted by atomic mass is 19.1. The van der Waals surface area contributed by atoms with Crippen LogP contribution >= 0.6 is 0 Å². The van der Waals surface area contributed by atoms with Gasteiger partial charge in [-0.25, -0.2) is 4.39 Å². The van der Waals surface area contributed by atoms with Crippen molar-refractivity contribution in [3.63, 3.8) is 0 Å². The van der Waals surface area contributed by atoms with Crippen LogP contribution in [0.4, 0.5) is 4.39 Å². The molecule has 0 aliphatic rings. The number of ether oxygens (including phenoxy) is 2. The van der Waals surface area contributed by atoms with Gasteiger partial charge in [0.25, 0.3) is 0 Å². The first-order chi connectivity index (χ1) is 9.11. The third-order valence-corrected chi connectivity index (χ3v) is 2.58. The molecule has 0 fully saturated rings. The van der Waals surface area contributed by atoms with Gasteiger partial charge in [-0.2, -0.15) is 0 Å². The smallest absolute Gasteiger partial charge is 0.167 e. The summed E-state index contributed by atoms with van der Waals surface area (Å²) in [6, 6.07) is 10.8. The molecule has 0 aliphatic carbocycles. The Kier molecular flexibility index (Phi) is 3.80. The van der Waals surface area contributed by atoms with Crippen LogP contribution in [-0.4, -0.2) is 12.9 Å². The van der Waals surface area contributed by atoms with Crippen LogP contribution in [0.15, 0.2) is 42.5 Å². The summed E-state index contributed by atoms with van der Waals surface area (Å²) in [7, 11) is 1.48. The number of Topliss-reactive ketones (excluding diaryl/α,β-unsaturated/α-hetero) is 1. The number of halogens is 1. The van der Waals surface area contributed by atoms with Crippen molar-refractivity contribution in [2.24, 2.45) is 0 Å². The van der Waals surface area contributed by atoms with Crippen molar-refractivity contribution >= 4 is 5.78 Å². The molecule has 2 aromatic rings. The number of rotatable bonds is 4. The van der Waals surface area contributed by atoms with E-state index in [0.717, 1.165) is 0 Å². The van der Waals surface area contributed by atoms with Crippen molar-refractivity contribution in [2.75, 3.05) is 7.11 Å². The molecule has 4 heteroatoms. The molecule has 19 heavy (non-hydrogen) atoms. The van der Waals surface area contributed by atoms with E-state index < -0.39 is 5.82 Å². The Morgan fingerprint density at radius 1 is 1.11 bits per heavy atom. The van der Waals surface area contributed by atoms with Crippen LogP contribution in [0, 0.1) is 5.82 Å². The first-order valence-corrected chi connectivity index (χ1v) is 5.73. The first-order valence-electron chi connectivity index (χ1n) is 5.73. The van der Waals surface area contributed by atoms with Gasteiger partial charge in [-0.15, -0.1) is 0 Å². The molecule has 0 aliphatic heterocycles. The second kappa shape index (κ2) is 5.52. The summed E-state index contributed by atoms with van der Waals surface area (Å²) in [6.07, 6.45) is 0. The van der Waals surface area contributed by atoms with Gasteiger partial charge in [0.15, 0.2) is 5.78 Å². The predicted octanol–water partition coefficient (Wildman–Crippen LogP) is 3.83. The number of hydrogen-bond donors (Lipinski definition) is 0. The van der Waals surface area contributed by atoms with E-state index in [4.69, 9.17) is 9.47 Å². The van der Waals surface area contributed by atoms with Crippen LogP contribution in [-0.2, 0) is 0 Å². The van der Waals surface area contributed by atoms with Crippen molar-refractivity contribution in [1.82, 2.24) is 0 Å². The fourth-order valence-electron chi connectivity index (χ4n) is 1.77. The van der Waals surface area contributed by atoms with Gasteiger partial charge in [0.2, 0.25) is 0 Å². The van der Waals surface area contributed by atoms with Gasteiger partial charge in [0, 0.05) is 6.07 Å². The van der Waals surface area contributed by atoms with Crippen LogP contribution in [0.2, 0.25) is 0 Å². The molecule has 0 atom stereocenters. The quantitative estimate of drug-likeness (QED) is 0.784. The third kappa shape index (κ3) is 2.91. The van der Waals surface area contributed by atoms with Gasteiger partial charge in [0.05, 0.1) is 7.11 Å². The molecule has 0 saturated carbocycles. The molecule has 0 saturated heterocycles. The van der Waals surface area contributed by atoms with Crippen LogP contribution in [0.25, 0.3) is 0 Å². The molecule has 0 heterocycles. The lowest BCUT2D eigenvalue weighted by molar-refractivity contribution is 0.101. The van der Waals surface area contributed by atoms with Crippen LogP contribution in [0.1, 0.15) is 17.3 Å². The number of ketones is 1. The highest BCUT2D eigenvalue weighted by Gasteiger charge is 2.15. The second-order valence-corrected chi connectivity index (χ2v) is 3.95. The highest BCUT2D eigenvalue weighted by Crippen LogP contribution is 2.32. The minimum Gasteiger partial charge on any atom is -0.496 e. The molecule has 0 spiro atoms. The zero-order valence-corrected chi connectivity index (χ0v) is 10.6. The monoisotopic (exact) mass is 260 g/mol. The number of carbonyl (C=O) groups is 1. The molecule has 0 bridgehead atoms. The largest absolute Gasteiger partial charge is 0.496 e. The van der Waals surface area contributed by atoms with E-state index in [1.807, 2.05) is 0 Å². The van der Waals surface area contributed by atoms with Crippen molar-refractivity contribution in [1.29, 1.82) is 0 Å². The molecule has 0 unspecified atom stereocenters. The standard InChI is InChI=1S/C15H13FO3/c1-10(17)15-13(18-2)7-4-8-14(15)19-12-6-3-5-11(16)9-12/h3-9H,1-2H3. The van der Waals surface area contributed by atoms with E-state index in [-0.39, 0.29) is 5.78 Å². The minimum atomic E-state index is -0.398. The van der Waals surface area contributed by atoms with E-state index >= 15 is 0 Å². The average Bonchev–Trinajstić information content (AvgIpc) is 2.38. The fraction of sp³-hybridized carbons (Fsp3) is 0.133. The molecule has 98 valence electrons. The lowest BCUT2D eigenvalue weighted by atomic mass is 10.1. The topological polar surface area (TPSA) is 35.5 Å². The predicted molar refractivity (Wildman–Crippen MR) is 69.5 cm³/mol. The molecule has 0 N–H and O–H groups in total. The Morgan fingerprint density at radius 2 is 1.79 bits per heavy atom. The molecule has 2 rings (SSSR count). The zero-order chi connectivity index (χ0) is 13.8. The second-order valence-electron chi connectivity index (χ2n) is 3.95. The molecule has 0 aromatic heterocycles. The van der Waals surface area contributed by atoms with Gasteiger partial charge in [0.1, 0.15) is 28.6 Å². The van der Waals surface area contributed by atoms with E-state index in [1.54, 1.807) is 24.3 Å². The molecular formula is C15H13FO3. The third-order valence-electron chi connectivity index (χ3n) is 2.58. The van der Waals surface area contributed by atoms with E-state index in [2.05, 4.69) is 0 Å². The van der Waals surface area contributed by atoms with Crippen molar-refractivity contribution in [3.05, 3.63) is 53.8 Å². The molecule has 0 radical (unpaired) electrons. The number of carbonyl (C=O) groups excluding carboxylic acids is 1. The number of hydrogen-bond acceptors (Lipinski definition) is 3. The summed E-state index contributed by atoms with van der Waals surface area (Å²) in [4.78, 5) is 11.7. The Labute approximate surface area is 110 Å². The maximum Gasteiger partial charge on any atom is 0.167 e. The summed E-state index contributed by atoms with van der Waals surface area (Å²) in [5.41, 5.74) is 0.342. The lowest BCUT2D eigenvalue weighted by Crippen LogP contribution is -2.01. The van der Waals surface area contributed by atoms with Crippen molar-refractivity contribution in [2.45, 2.75) is 6.92 Å². The Hall–Kier alpha value is -2.36. The Morgan fingerprint density at radius 3 is 2.42 bits per heavy atom. The lowest BCUT2D eigenvalue weighted by Gasteiger charge is -2.12. The van der Waals surface area contributed by atoms with E-state index in [9.17, 15) is 9.18 Å². The minimum absolute atomic E-state index is 0.177. The highest BCUT2D eigenvalue weighted by molar-refractivity contribution is 5.99. The van der Waals surface area contributed by atoms with E-state index in [0.29, 0.717) is 22.8 Å². The maximum atomic E-state index is 13.1. The molecule has 0 amide bonds. The summed E-state index contributed by atoms with van der Waals surface area (Å²) in [6.45, 7) is 1.43. The Balaban J connectivity index is 2.42. The normalized spacial score (nSPS) is 10.1. The van der Waals surface area contributed by atoms with Crippen molar-refractivity contribution < 1.29 is 18.7 Å². The first kappa shape index (κ1) is 13.1. The van der Waals surface area contributed by atoms with Gasteiger partial charge in [-0.05, 0) is 31.2 Å². The van der Waals surface area contributed by atoms with Crippen LogP contribution < -0.4 is 9.47 Å². The summed E-state index contributed by atoms with van der Waals surface area (Å²) in [5, 5.41) is 0. The molecular weight excluding hydrogens is 247 g/mol. The van der Waals surface area contributed by atoms with Crippen LogP contribution in [0.5, 0.6) is 17.2 Å². The van der Waals surface area contributed by atoms with Crippen molar-refractivity contribution in [3.8, 4) is 17.2 Å².